The highest BCUT2D eigenvalue weighted by atomic mass is 19.4. The minimum Gasteiger partial charge on any atom is -0.326 e. The van der Waals surface area contributed by atoms with Gasteiger partial charge in [0.05, 0.1) is 0 Å². The molecule has 0 saturated carbocycles. The summed E-state index contributed by atoms with van der Waals surface area (Å²) in [5.74, 6) is 0. The fourth-order valence-corrected chi connectivity index (χ4v) is 0.725. The molecule has 0 radical (unpaired) electrons. The molecule has 0 aromatic rings. The third-order valence-electron chi connectivity index (χ3n) is 1.19. The molecule has 0 rings (SSSR count). The van der Waals surface area contributed by atoms with Crippen molar-refractivity contribution in [2.75, 3.05) is 7.05 Å². The summed E-state index contributed by atoms with van der Waals surface area (Å²) in [6.45, 7) is 1.31. The quantitative estimate of drug-likeness (QED) is 0.610. The van der Waals surface area contributed by atoms with Gasteiger partial charge >= 0.3 is 6.18 Å². The van der Waals surface area contributed by atoms with Crippen LogP contribution in [0.15, 0.2) is 0 Å². The van der Waals surface area contributed by atoms with E-state index in [-0.39, 0.29) is 0 Å². The maximum Gasteiger partial charge on any atom is 0.405 e. The summed E-state index contributed by atoms with van der Waals surface area (Å²) >= 11 is 0. The van der Waals surface area contributed by atoms with E-state index in [1.165, 1.54) is 14.0 Å². The van der Waals surface area contributed by atoms with Crippen molar-refractivity contribution >= 4 is 0 Å². The Kier molecular flexibility index (Phi) is 3.11. The van der Waals surface area contributed by atoms with Gasteiger partial charge in [0.1, 0.15) is 6.04 Å². The molecule has 10 heavy (non-hydrogen) atoms. The Bertz CT molecular complexity index is 99.6. The van der Waals surface area contributed by atoms with Gasteiger partial charge in [-0.05, 0) is 14.0 Å². The summed E-state index contributed by atoms with van der Waals surface area (Å²) < 4.78 is 35.5. The summed E-state index contributed by atoms with van der Waals surface area (Å²) in [6, 6.07) is -2.52. The van der Waals surface area contributed by atoms with Crippen LogP contribution in [-0.4, -0.2) is 25.3 Å². The molecule has 3 N–H and O–H groups in total. The van der Waals surface area contributed by atoms with E-state index >= 15 is 0 Å². The lowest BCUT2D eigenvalue weighted by molar-refractivity contribution is -0.158. The van der Waals surface area contributed by atoms with Gasteiger partial charge in [0, 0.05) is 6.04 Å². The van der Waals surface area contributed by atoms with Crippen molar-refractivity contribution in [1.82, 2.24) is 5.32 Å². The van der Waals surface area contributed by atoms with Crippen LogP contribution in [0.4, 0.5) is 13.2 Å². The molecule has 0 amide bonds. The van der Waals surface area contributed by atoms with Crippen LogP contribution < -0.4 is 11.1 Å². The molecular formula is C5H11F3N2. The Morgan fingerprint density at radius 3 is 1.80 bits per heavy atom. The number of rotatable bonds is 2. The molecule has 0 aromatic heterocycles. The lowest BCUT2D eigenvalue weighted by Crippen LogP contribution is -2.51. The molecular weight excluding hydrogens is 145 g/mol. The Balaban J connectivity index is 4.07. The van der Waals surface area contributed by atoms with Gasteiger partial charge in [-0.15, -0.1) is 0 Å². The van der Waals surface area contributed by atoms with Gasteiger partial charge in [0.15, 0.2) is 0 Å². The molecule has 2 nitrogen and oxygen atoms in total. The van der Waals surface area contributed by atoms with Crippen LogP contribution in [0.25, 0.3) is 0 Å². The van der Waals surface area contributed by atoms with E-state index in [0.29, 0.717) is 0 Å². The lowest BCUT2D eigenvalue weighted by atomic mass is 10.1. The topological polar surface area (TPSA) is 38.0 Å². The van der Waals surface area contributed by atoms with Gasteiger partial charge in [-0.1, -0.05) is 0 Å². The Morgan fingerprint density at radius 2 is 1.80 bits per heavy atom. The van der Waals surface area contributed by atoms with Crippen molar-refractivity contribution in [3.05, 3.63) is 0 Å². The van der Waals surface area contributed by atoms with Gasteiger partial charge in [0.2, 0.25) is 0 Å². The number of hydrogen-bond donors (Lipinski definition) is 2. The molecule has 0 spiro atoms. The standard InChI is InChI=1S/C5H11F3N2/c1-3(9)4(10-2)5(6,7)8/h3-4,10H,9H2,1-2H3/t3-,4?/m1/s1. The minimum atomic E-state index is -4.25. The molecule has 0 aromatic carbocycles. The van der Waals surface area contributed by atoms with Crippen LogP contribution in [-0.2, 0) is 0 Å². The van der Waals surface area contributed by atoms with Crippen molar-refractivity contribution < 1.29 is 13.2 Å². The molecule has 5 heteroatoms. The van der Waals surface area contributed by atoms with Crippen molar-refractivity contribution in [3.63, 3.8) is 0 Å². The fraction of sp³-hybridized carbons (Fsp3) is 1.00. The Labute approximate surface area is 57.6 Å². The molecule has 0 aliphatic carbocycles. The second-order valence-electron chi connectivity index (χ2n) is 2.17. The Hall–Kier alpha value is -0.290. The maximum absolute atomic E-state index is 11.8. The maximum atomic E-state index is 11.8. The van der Waals surface area contributed by atoms with Crippen LogP contribution >= 0.6 is 0 Å². The third kappa shape index (κ3) is 2.53. The summed E-state index contributed by atoms with van der Waals surface area (Å²) in [6.07, 6.45) is -4.25. The van der Waals surface area contributed by atoms with E-state index in [2.05, 4.69) is 5.32 Å². The molecule has 62 valence electrons. The number of nitrogens with two attached hydrogens (primary N) is 1. The van der Waals surface area contributed by atoms with E-state index < -0.39 is 18.3 Å². The van der Waals surface area contributed by atoms with Crippen LogP contribution in [0.1, 0.15) is 6.92 Å². The highest BCUT2D eigenvalue weighted by molar-refractivity contribution is 4.80. The van der Waals surface area contributed by atoms with E-state index in [1.807, 2.05) is 0 Å². The highest BCUT2D eigenvalue weighted by Crippen LogP contribution is 2.21. The largest absolute Gasteiger partial charge is 0.405 e. The van der Waals surface area contributed by atoms with E-state index in [9.17, 15) is 13.2 Å². The molecule has 1 unspecified atom stereocenters. The van der Waals surface area contributed by atoms with Gasteiger partial charge in [0.25, 0.3) is 0 Å². The summed E-state index contributed by atoms with van der Waals surface area (Å²) in [4.78, 5) is 0. The minimum absolute atomic E-state index is 0.912. The molecule has 0 bridgehead atoms. The van der Waals surface area contributed by atoms with Crippen molar-refractivity contribution in [3.8, 4) is 0 Å². The SMILES string of the molecule is CNC([C@@H](C)N)C(F)(F)F. The predicted octanol–water partition coefficient (Wildman–Crippen LogP) is 0.484. The number of halogens is 3. The van der Waals surface area contributed by atoms with Crippen molar-refractivity contribution in [2.24, 2.45) is 5.73 Å². The first kappa shape index (κ1) is 9.71. The fourth-order valence-electron chi connectivity index (χ4n) is 0.725. The van der Waals surface area contributed by atoms with Gasteiger partial charge < -0.3 is 11.1 Å². The average molecular weight is 156 g/mol. The van der Waals surface area contributed by atoms with Gasteiger partial charge in [-0.3, -0.25) is 0 Å². The first-order chi connectivity index (χ1) is 4.39. The average Bonchev–Trinajstić information content (AvgIpc) is 1.60. The second kappa shape index (κ2) is 3.21. The second-order valence-corrected chi connectivity index (χ2v) is 2.17. The zero-order chi connectivity index (χ0) is 8.36. The zero-order valence-corrected chi connectivity index (χ0v) is 5.87. The van der Waals surface area contributed by atoms with Crippen LogP contribution in [0.2, 0.25) is 0 Å². The van der Waals surface area contributed by atoms with Crippen LogP contribution in [0, 0.1) is 0 Å². The number of hydrogen-bond acceptors (Lipinski definition) is 2. The molecule has 2 atom stereocenters. The predicted molar refractivity (Wildman–Crippen MR) is 32.6 cm³/mol. The number of alkyl halides is 3. The number of likely N-dealkylation sites (N-methyl/N-ethyl adjacent to an activating group) is 1. The van der Waals surface area contributed by atoms with Crippen molar-refractivity contribution in [1.29, 1.82) is 0 Å². The molecule has 0 saturated heterocycles. The first-order valence-electron chi connectivity index (χ1n) is 2.89. The summed E-state index contributed by atoms with van der Waals surface area (Å²) in [5.41, 5.74) is 5.05. The molecule has 0 aliphatic rings. The van der Waals surface area contributed by atoms with Gasteiger partial charge in [-0.25, -0.2) is 0 Å². The zero-order valence-electron chi connectivity index (χ0n) is 5.87. The third-order valence-corrected chi connectivity index (χ3v) is 1.19. The molecule has 0 aliphatic heterocycles. The normalized spacial score (nSPS) is 18.6. The van der Waals surface area contributed by atoms with Crippen molar-refractivity contribution in [2.45, 2.75) is 25.2 Å². The monoisotopic (exact) mass is 156 g/mol. The Morgan fingerprint density at radius 1 is 1.40 bits per heavy atom. The molecule has 0 heterocycles. The van der Waals surface area contributed by atoms with E-state index in [1.54, 1.807) is 0 Å². The van der Waals surface area contributed by atoms with E-state index in [0.717, 1.165) is 0 Å². The molecule has 0 fully saturated rings. The smallest absolute Gasteiger partial charge is 0.326 e. The highest BCUT2D eigenvalue weighted by Gasteiger charge is 2.40. The number of nitrogens with one attached hydrogen (secondary N) is 1. The van der Waals surface area contributed by atoms with Crippen LogP contribution in [0.3, 0.4) is 0 Å². The van der Waals surface area contributed by atoms with E-state index in [4.69, 9.17) is 5.73 Å². The summed E-state index contributed by atoms with van der Waals surface area (Å²) in [7, 11) is 1.24. The first-order valence-corrected chi connectivity index (χ1v) is 2.89. The van der Waals surface area contributed by atoms with Gasteiger partial charge in [-0.2, -0.15) is 13.2 Å². The van der Waals surface area contributed by atoms with Crippen LogP contribution in [0.5, 0.6) is 0 Å². The lowest BCUT2D eigenvalue weighted by Gasteiger charge is -2.22. The summed E-state index contributed by atoms with van der Waals surface area (Å²) in [5, 5.41) is 2.09.